The van der Waals surface area contributed by atoms with E-state index in [-0.39, 0.29) is 16.0 Å². The second kappa shape index (κ2) is 7.21. The molecule has 7 heteroatoms. The van der Waals surface area contributed by atoms with Gasteiger partial charge in [0.2, 0.25) is 16.2 Å². The number of benzene rings is 2. The van der Waals surface area contributed by atoms with Gasteiger partial charge in [0.25, 0.3) is 0 Å². The van der Waals surface area contributed by atoms with Gasteiger partial charge in [0, 0.05) is 35.3 Å². The number of aryl methyl sites for hydroxylation is 1. The van der Waals surface area contributed by atoms with Gasteiger partial charge in [0.1, 0.15) is 5.03 Å². The van der Waals surface area contributed by atoms with Crippen LogP contribution in [0.2, 0.25) is 0 Å². The SMILES string of the molecule is Cc1ccc(S(=O)(=O)/C(NC=O)=C2\C=C3c4cccc5[nH]cc(c45)CC3N(C)C2)cc1. The molecule has 6 nitrogen and oxygen atoms in total. The van der Waals surface area contributed by atoms with E-state index < -0.39 is 9.84 Å². The highest BCUT2D eigenvalue weighted by atomic mass is 32.2. The average Bonchev–Trinajstić information content (AvgIpc) is 3.17. The number of hydrogen-bond acceptors (Lipinski definition) is 4. The minimum absolute atomic E-state index is 0.0591. The lowest BCUT2D eigenvalue weighted by Gasteiger charge is -2.38. The third-order valence-corrected chi connectivity index (χ3v) is 8.04. The summed E-state index contributed by atoms with van der Waals surface area (Å²) >= 11 is 0. The van der Waals surface area contributed by atoms with Crippen molar-refractivity contribution in [1.29, 1.82) is 0 Å². The van der Waals surface area contributed by atoms with E-state index in [1.54, 1.807) is 24.3 Å². The molecular formula is C24H23N3O3S. The van der Waals surface area contributed by atoms with E-state index in [0.717, 1.165) is 28.6 Å². The van der Waals surface area contributed by atoms with Crippen molar-refractivity contribution < 1.29 is 13.2 Å². The van der Waals surface area contributed by atoms with Crippen molar-refractivity contribution in [1.82, 2.24) is 15.2 Å². The third kappa shape index (κ3) is 3.12. The Morgan fingerprint density at radius 3 is 2.71 bits per heavy atom. The third-order valence-electron chi connectivity index (χ3n) is 6.23. The van der Waals surface area contributed by atoms with Gasteiger partial charge in [-0.25, -0.2) is 8.42 Å². The van der Waals surface area contributed by atoms with Crippen molar-refractivity contribution in [3.8, 4) is 0 Å². The summed E-state index contributed by atoms with van der Waals surface area (Å²) in [5.41, 5.74) is 6.07. The Labute approximate surface area is 181 Å². The summed E-state index contributed by atoms with van der Waals surface area (Å²) in [4.78, 5) is 17.0. The van der Waals surface area contributed by atoms with E-state index in [2.05, 4.69) is 27.5 Å². The summed E-state index contributed by atoms with van der Waals surface area (Å²) in [6, 6.07) is 13.0. The molecule has 0 saturated heterocycles. The van der Waals surface area contributed by atoms with E-state index in [4.69, 9.17) is 0 Å². The lowest BCUT2D eigenvalue weighted by molar-refractivity contribution is -0.108. The fraction of sp³-hybridized carbons (Fsp3) is 0.208. The van der Waals surface area contributed by atoms with Crippen LogP contribution in [0.1, 0.15) is 16.7 Å². The van der Waals surface area contributed by atoms with Crippen LogP contribution in [0.5, 0.6) is 0 Å². The molecule has 2 aliphatic rings. The predicted octanol–water partition coefficient (Wildman–Crippen LogP) is 3.16. The zero-order valence-electron chi connectivity index (χ0n) is 17.3. The monoisotopic (exact) mass is 433 g/mol. The highest BCUT2D eigenvalue weighted by molar-refractivity contribution is 7.95. The van der Waals surface area contributed by atoms with E-state index in [1.165, 1.54) is 10.9 Å². The van der Waals surface area contributed by atoms with Crippen molar-refractivity contribution >= 4 is 32.7 Å². The lowest BCUT2D eigenvalue weighted by atomic mass is 9.81. The fourth-order valence-corrected chi connectivity index (χ4v) is 6.11. The second-order valence-electron chi connectivity index (χ2n) is 8.21. The first-order valence-electron chi connectivity index (χ1n) is 10.2. The first-order valence-corrected chi connectivity index (χ1v) is 11.6. The molecule has 3 aromatic rings. The molecule has 5 rings (SSSR count). The number of nitrogens with zero attached hydrogens (tertiary/aromatic N) is 1. The highest BCUT2D eigenvalue weighted by Crippen LogP contribution is 2.41. The Morgan fingerprint density at radius 2 is 1.97 bits per heavy atom. The fourth-order valence-electron chi connectivity index (χ4n) is 4.70. The number of aromatic nitrogens is 1. The van der Waals surface area contributed by atoms with Crippen molar-refractivity contribution in [3.63, 3.8) is 0 Å². The zero-order valence-corrected chi connectivity index (χ0v) is 18.2. The van der Waals surface area contributed by atoms with Crippen molar-refractivity contribution in [2.45, 2.75) is 24.3 Å². The van der Waals surface area contributed by atoms with Crippen LogP contribution < -0.4 is 5.32 Å². The van der Waals surface area contributed by atoms with Crippen LogP contribution in [0.4, 0.5) is 0 Å². The van der Waals surface area contributed by atoms with Gasteiger partial charge in [-0.15, -0.1) is 0 Å². The van der Waals surface area contributed by atoms with Gasteiger partial charge in [-0.2, -0.15) is 0 Å². The number of rotatable bonds is 4. The molecule has 1 atom stereocenters. The summed E-state index contributed by atoms with van der Waals surface area (Å²) in [5.74, 6) is 0. The van der Waals surface area contributed by atoms with Gasteiger partial charge in [0.05, 0.1) is 4.90 Å². The quantitative estimate of drug-likeness (QED) is 0.620. The standard InChI is InChI=1S/C24H23N3O3S/c1-15-6-8-18(9-7-15)31(29,30)24(26-14-28)17-10-20-19-4-3-5-21-23(19)16(12-25-21)11-22(20)27(2)13-17/h3-10,12,14,22,25H,11,13H2,1-2H3,(H,26,28)/b24-17+. The molecule has 0 radical (unpaired) electrons. The molecule has 158 valence electrons. The molecule has 0 bridgehead atoms. The van der Waals surface area contributed by atoms with Crippen molar-refractivity contribution in [2.24, 2.45) is 0 Å². The number of carbonyl (C=O) groups excluding carboxylic acids is 1. The van der Waals surface area contributed by atoms with E-state index >= 15 is 0 Å². The molecule has 1 amide bonds. The van der Waals surface area contributed by atoms with Gasteiger partial charge in [0.15, 0.2) is 0 Å². The van der Waals surface area contributed by atoms with Crippen LogP contribution >= 0.6 is 0 Å². The average molecular weight is 434 g/mol. The number of likely N-dealkylation sites (N-methyl/N-ethyl adjacent to an activating group) is 1. The van der Waals surface area contributed by atoms with Crippen molar-refractivity contribution in [3.05, 3.63) is 82.0 Å². The minimum Gasteiger partial charge on any atom is -0.361 e. The number of aromatic amines is 1. The normalized spacial score (nSPS) is 20.2. The van der Waals surface area contributed by atoms with Crippen LogP contribution in [0.15, 0.2) is 70.2 Å². The number of fused-ring (bicyclic) bond motifs is 2. The highest BCUT2D eigenvalue weighted by Gasteiger charge is 2.34. The molecule has 1 unspecified atom stereocenters. The topological polar surface area (TPSA) is 82.3 Å². The molecule has 2 N–H and O–H groups in total. The van der Waals surface area contributed by atoms with Gasteiger partial charge in [-0.05, 0) is 61.4 Å². The Morgan fingerprint density at radius 1 is 1.19 bits per heavy atom. The van der Waals surface area contributed by atoms with Crippen LogP contribution in [-0.4, -0.2) is 44.3 Å². The minimum atomic E-state index is -3.88. The molecule has 0 fully saturated rings. The molecule has 2 aromatic carbocycles. The molecule has 31 heavy (non-hydrogen) atoms. The van der Waals surface area contributed by atoms with Crippen LogP contribution in [-0.2, 0) is 21.1 Å². The number of amides is 1. The maximum atomic E-state index is 13.4. The second-order valence-corrected chi connectivity index (χ2v) is 10.1. The van der Waals surface area contributed by atoms with Gasteiger partial charge >= 0.3 is 0 Å². The molecule has 0 spiro atoms. The summed E-state index contributed by atoms with van der Waals surface area (Å²) in [5, 5.41) is 3.62. The van der Waals surface area contributed by atoms with Crippen LogP contribution in [0.25, 0.3) is 16.5 Å². The summed E-state index contributed by atoms with van der Waals surface area (Å²) in [7, 11) is -1.89. The zero-order chi connectivity index (χ0) is 21.8. The Bertz CT molecular complexity index is 1360. The van der Waals surface area contributed by atoms with Crippen LogP contribution in [0, 0.1) is 6.92 Å². The smallest absolute Gasteiger partial charge is 0.222 e. The van der Waals surface area contributed by atoms with Gasteiger partial charge < -0.3 is 10.3 Å². The number of nitrogens with one attached hydrogen (secondary N) is 2. The Hall–Kier alpha value is -3.16. The molecule has 1 aromatic heterocycles. The first kappa shape index (κ1) is 19.8. The van der Waals surface area contributed by atoms with Crippen molar-refractivity contribution in [2.75, 3.05) is 13.6 Å². The van der Waals surface area contributed by atoms with Gasteiger partial charge in [-0.3, -0.25) is 9.69 Å². The van der Waals surface area contributed by atoms with E-state index in [9.17, 15) is 13.2 Å². The van der Waals surface area contributed by atoms with E-state index in [0.29, 0.717) is 18.5 Å². The van der Waals surface area contributed by atoms with Gasteiger partial charge in [-0.1, -0.05) is 29.8 Å². The van der Waals surface area contributed by atoms with E-state index in [1.807, 2.05) is 32.2 Å². The maximum Gasteiger partial charge on any atom is 0.222 e. The maximum absolute atomic E-state index is 13.4. The number of carbonyl (C=O) groups is 1. The molecule has 2 heterocycles. The largest absolute Gasteiger partial charge is 0.361 e. The molecular weight excluding hydrogens is 410 g/mol. The summed E-state index contributed by atoms with van der Waals surface area (Å²) in [6.45, 7) is 2.32. The number of hydrogen-bond donors (Lipinski definition) is 2. The molecule has 1 aliphatic heterocycles. The predicted molar refractivity (Wildman–Crippen MR) is 121 cm³/mol. The summed E-state index contributed by atoms with van der Waals surface area (Å²) < 4.78 is 26.8. The Kier molecular flexibility index (Phi) is 4.60. The lowest BCUT2D eigenvalue weighted by Crippen LogP contribution is -2.41. The number of sulfone groups is 1. The molecule has 0 saturated carbocycles. The Balaban J connectivity index is 1.72. The summed E-state index contributed by atoms with van der Waals surface area (Å²) in [6.07, 6.45) is 5.30. The van der Waals surface area contributed by atoms with Crippen LogP contribution in [0.3, 0.4) is 0 Å². The number of H-pyrrole nitrogens is 1. The first-order chi connectivity index (χ1) is 14.9. The molecule has 1 aliphatic carbocycles.